The van der Waals surface area contributed by atoms with Gasteiger partial charge in [-0.2, -0.15) is 0 Å². The average Bonchev–Trinajstić information content (AvgIpc) is 3.80. The summed E-state index contributed by atoms with van der Waals surface area (Å²) in [5.74, 6) is 0. The number of benzene rings is 9. The Morgan fingerprint density at radius 2 is 0.909 bits per heavy atom. The molecular weight excluding hydrogens is 669 g/mol. The molecule has 0 amide bonds. The quantitative estimate of drug-likeness (QED) is 0.172. The van der Waals surface area contributed by atoms with Crippen molar-refractivity contribution in [3.8, 4) is 27.9 Å². The molecule has 0 unspecified atom stereocenters. The first-order valence-corrected chi connectivity index (χ1v) is 18.8. The molecule has 0 aliphatic carbocycles. The molecular formula is C52H34N2O. The monoisotopic (exact) mass is 702 g/mol. The molecule has 0 atom stereocenters. The number of anilines is 3. The molecule has 3 heteroatoms. The van der Waals surface area contributed by atoms with E-state index in [-0.39, 0.29) is 0 Å². The van der Waals surface area contributed by atoms with Crippen molar-refractivity contribution in [2.24, 2.45) is 0 Å². The van der Waals surface area contributed by atoms with Crippen LogP contribution in [0.3, 0.4) is 0 Å². The molecule has 0 aliphatic heterocycles. The van der Waals surface area contributed by atoms with Crippen LogP contribution in [-0.2, 0) is 0 Å². The normalized spacial score (nSPS) is 11.6. The Morgan fingerprint density at radius 1 is 0.345 bits per heavy atom. The summed E-state index contributed by atoms with van der Waals surface area (Å²) in [4.78, 5) is 2.32. The van der Waals surface area contributed by atoms with Gasteiger partial charge >= 0.3 is 0 Å². The second-order valence-electron chi connectivity index (χ2n) is 14.2. The van der Waals surface area contributed by atoms with Crippen LogP contribution in [0.25, 0.3) is 82.5 Å². The van der Waals surface area contributed by atoms with Crippen molar-refractivity contribution >= 4 is 71.6 Å². The van der Waals surface area contributed by atoms with E-state index >= 15 is 0 Å². The molecule has 55 heavy (non-hydrogen) atoms. The van der Waals surface area contributed by atoms with E-state index in [4.69, 9.17) is 4.42 Å². The second kappa shape index (κ2) is 12.6. The first-order chi connectivity index (χ1) is 27.3. The number of para-hydroxylation sites is 2. The highest BCUT2D eigenvalue weighted by molar-refractivity contribution is 6.15. The fraction of sp³-hybridized carbons (Fsp3) is 0. The minimum Gasteiger partial charge on any atom is -0.455 e. The Morgan fingerprint density at radius 3 is 1.67 bits per heavy atom. The van der Waals surface area contributed by atoms with Crippen LogP contribution in [0, 0.1) is 0 Å². The molecule has 11 aromatic rings. The van der Waals surface area contributed by atoms with Gasteiger partial charge in [0.05, 0.1) is 11.0 Å². The molecule has 258 valence electrons. The number of fused-ring (bicyclic) bond motifs is 8. The van der Waals surface area contributed by atoms with Crippen LogP contribution < -0.4 is 4.90 Å². The van der Waals surface area contributed by atoms with Gasteiger partial charge in [0.25, 0.3) is 0 Å². The van der Waals surface area contributed by atoms with Crippen molar-refractivity contribution in [2.45, 2.75) is 0 Å². The third kappa shape index (κ3) is 5.20. The van der Waals surface area contributed by atoms with Gasteiger partial charge in [-0.15, -0.1) is 0 Å². The Bertz CT molecular complexity index is 3180. The van der Waals surface area contributed by atoms with E-state index in [2.05, 4.69) is 216 Å². The van der Waals surface area contributed by atoms with Crippen LogP contribution in [0.15, 0.2) is 211 Å². The van der Waals surface area contributed by atoms with Gasteiger partial charge in [0, 0.05) is 55.7 Å². The van der Waals surface area contributed by atoms with Gasteiger partial charge < -0.3 is 13.9 Å². The van der Waals surface area contributed by atoms with Crippen molar-refractivity contribution in [1.82, 2.24) is 4.57 Å². The Labute approximate surface area is 318 Å². The number of rotatable bonds is 6. The highest BCUT2D eigenvalue weighted by Gasteiger charge is 2.18. The van der Waals surface area contributed by atoms with Crippen LogP contribution in [0.1, 0.15) is 0 Å². The van der Waals surface area contributed by atoms with Crippen LogP contribution in [0.4, 0.5) is 17.1 Å². The van der Waals surface area contributed by atoms with Gasteiger partial charge in [0.15, 0.2) is 0 Å². The SMILES string of the molecule is c1ccc(-c2ccc(N(c3ccc(-c4ccc5c(c4)c4ccccc4n5-c4ccccc4)cc3)c3ccc4c(c3)oc3c5ccccc5ccc43)cc2)cc1. The first-order valence-electron chi connectivity index (χ1n) is 18.8. The number of hydrogen-bond acceptors (Lipinski definition) is 2. The van der Waals surface area contributed by atoms with E-state index in [0.717, 1.165) is 50.1 Å². The van der Waals surface area contributed by atoms with Crippen molar-refractivity contribution in [3.05, 3.63) is 206 Å². The summed E-state index contributed by atoms with van der Waals surface area (Å²) in [5, 5.41) is 7.04. The second-order valence-corrected chi connectivity index (χ2v) is 14.2. The molecule has 0 saturated carbocycles. The molecule has 11 rings (SSSR count). The van der Waals surface area contributed by atoms with Gasteiger partial charge in [0.1, 0.15) is 11.2 Å². The Balaban J connectivity index is 1.02. The van der Waals surface area contributed by atoms with Crippen molar-refractivity contribution in [3.63, 3.8) is 0 Å². The van der Waals surface area contributed by atoms with E-state index in [1.54, 1.807) is 0 Å². The molecule has 9 aromatic carbocycles. The molecule has 0 radical (unpaired) electrons. The zero-order valence-corrected chi connectivity index (χ0v) is 29.9. The smallest absolute Gasteiger partial charge is 0.143 e. The summed E-state index contributed by atoms with van der Waals surface area (Å²) in [6.45, 7) is 0. The predicted octanol–water partition coefficient (Wildman–Crippen LogP) is 14.6. The molecule has 2 heterocycles. The highest BCUT2D eigenvalue weighted by atomic mass is 16.3. The largest absolute Gasteiger partial charge is 0.455 e. The fourth-order valence-corrected chi connectivity index (χ4v) is 8.32. The lowest BCUT2D eigenvalue weighted by atomic mass is 10.0. The summed E-state index contributed by atoms with van der Waals surface area (Å²) in [6, 6.07) is 73.8. The van der Waals surface area contributed by atoms with Crippen LogP contribution in [0.5, 0.6) is 0 Å². The Hall–Kier alpha value is -7.36. The number of furan rings is 1. The molecule has 3 nitrogen and oxygen atoms in total. The summed E-state index contributed by atoms with van der Waals surface area (Å²) in [7, 11) is 0. The zero-order chi connectivity index (χ0) is 36.3. The summed E-state index contributed by atoms with van der Waals surface area (Å²) in [6.07, 6.45) is 0. The lowest BCUT2D eigenvalue weighted by Gasteiger charge is -2.26. The summed E-state index contributed by atoms with van der Waals surface area (Å²) in [5.41, 5.74) is 13.3. The highest BCUT2D eigenvalue weighted by Crippen LogP contribution is 2.42. The number of aromatic nitrogens is 1. The van der Waals surface area contributed by atoms with Gasteiger partial charge in [0.2, 0.25) is 0 Å². The molecule has 0 saturated heterocycles. The van der Waals surface area contributed by atoms with Crippen LogP contribution in [-0.4, -0.2) is 4.57 Å². The van der Waals surface area contributed by atoms with E-state index < -0.39 is 0 Å². The molecule has 0 aliphatic rings. The molecule has 2 aromatic heterocycles. The predicted molar refractivity (Wildman–Crippen MR) is 231 cm³/mol. The number of nitrogens with zero attached hydrogens (tertiary/aromatic N) is 2. The summed E-state index contributed by atoms with van der Waals surface area (Å²) >= 11 is 0. The molecule has 0 spiro atoms. The van der Waals surface area contributed by atoms with Crippen molar-refractivity contribution in [1.29, 1.82) is 0 Å². The maximum Gasteiger partial charge on any atom is 0.143 e. The van der Waals surface area contributed by atoms with Gasteiger partial charge in [-0.25, -0.2) is 0 Å². The lowest BCUT2D eigenvalue weighted by molar-refractivity contribution is 0.672. The first kappa shape index (κ1) is 31.2. The molecule has 0 N–H and O–H groups in total. The van der Waals surface area contributed by atoms with E-state index in [1.807, 2.05) is 0 Å². The van der Waals surface area contributed by atoms with Crippen LogP contribution >= 0.6 is 0 Å². The Kier molecular flexibility index (Phi) is 7.17. The maximum atomic E-state index is 6.65. The minimum absolute atomic E-state index is 0.870. The van der Waals surface area contributed by atoms with E-state index in [0.29, 0.717) is 0 Å². The average molecular weight is 703 g/mol. The molecule has 0 bridgehead atoms. The zero-order valence-electron chi connectivity index (χ0n) is 29.9. The summed E-state index contributed by atoms with van der Waals surface area (Å²) < 4.78 is 9.01. The minimum atomic E-state index is 0.870. The lowest BCUT2D eigenvalue weighted by Crippen LogP contribution is -2.09. The van der Waals surface area contributed by atoms with Crippen molar-refractivity contribution in [2.75, 3.05) is 4.90 Å². The fourth-order valence-electron chi connectivity index (χ4n) is 8.32. The van der Waals surface area contributed by atoms with E-state index in [9.17, 15) is 0 Å². The van der Waals surface area contributed by atoms with Crippen molar-refractivity contribution < 1.29 is 4.42 Å². The molecule has 0 fully saturated rings. The topological polar surface area (TPSA) is 21.3 Å². The van der Waals surface area contributed by atoms with Gasteiger partial charge in [-0.1, -0.05) is 127 Å². The maximum absolute atomic E-state index is 6.65. The number of hydrogen-bond donors (Lipinski definition) is 0. The van der Waals surface area contributed by atoms with Crippen LogP contribution in [0.2, 0.25) is 0 Å². The third-order valence-corrected chi connectivity index (χ3v) is 11.0. The third-order valence-electron chi connectivity index (χ3n) is 11.0. The van der Waals surface area contributed by atoms with Gasteiger partial charge in [-0.05, 0) is 100 Å². The van der Waals surface area contributed by atoms with E-state index in [1.165, 1.54) is 49.4 Å². The van der Waals surface area contributed by atoms with Gasteiger partial charge in [-0.3, -0.25) is 0 Å². The standard InChI is InChI=1S/C52H34N2O/c1-3-11-35(12-4-1)36-19-25-41(26-20-36)53(43-29-31-46-47-30-23-38-13-7-8-16-44(38)52(47)55-51(46)34-43)42-27-21-37(22-28-42)39-24-32-50-48(33-39)45-17-9-10-18-49(45)54(50)40-14-5-2-6-15-40/h1-34H.